The van der Waals surface area contributed by atoms with Crippen LogP contribution in [-0.2, 0) is 17.9 Å². The highest BCUT2D eigenvalue weighted by molar-refractivity contribution is 5.94. The Balaban J connectivity index is 1.78. The Labute approximate surface area is 147 Å². The first-order valence-electron chi connectivity index (χ1n) is 8.43. The van der Waals surface area contributed by atoms with Gasteiger partial charge >= 0.3 is 0 Å². The molecule has 0 radical (unpaired) electrons. The molecule has 1 aromatic carbocycles. The van der Waals surface area contributed by atoms with Crippen LogP contribution in [0.25, 0.3) is 0 Å². The molecule has 0 saturated heterocycles. The number of amides is 1. The minimum atomic E-state index is 0.0704. The summed E-state index contributed by atoms with van der Waals surface area (Å²) in [5, 5.41) is 0. The fraction of sp³-hybridized carbons (Fsp3) is 0.316. The van der Waals surface area contributed by atoms with E-state index >= 15 is 0 Å². The number of imidazole rings is 2. The van der Waals surface area contributed by atoms with Gasteiger partial charge < -0.3 is 14.0 Å². The number of aromatic nitrogens is 4. The van der Waals surface area contributed by atoms with E-state index in [-0.39, 0.29) is 5.91 Å². The second-order valence-corrected chi connectivity index (χ2v) is 6.17. The van der Waals surface area contributed by atoms with E-state index in [0.717, 1.165) is 29.8 Å². The van der Waals surface area contributed by atoms with Crippen LogP contribution in [0.4, 0.5) is 5.69 Å². The highest BCUT2D eigenvalue weighted by Gasteiger charge is 2.19. The van der Waals surface area contributed by atoms with Crippen LogP contribution in [0.2, 0.25) is 0 Å². The zero-order valence-electron chi connectivity index (χ0n) is 14.7. The van der Waals surface area contributed by atoms with E-state index in [4.69, 9.17) is 0 Å². The van der Waals surface area contributed by atoms with Crippen molar-refractivity contribution in [1.82, 2.24) is 19.1 Å². The number of para-hydroxylation sites is 1. The molecule has 0 aliphatic carbocycles. The summed E-state index contributed by atoms with van der Waals surface area (Å²) in [6, 6.07) is 6.13. The summed E-state index contributed by atoms with van der Waals surface area (Å²) in [6.45, 7) is 5.89. The predicted octanol–water partition coefficient (Wildman–Crippen LogP) is 2.82. The number of aryl methyl sites for hydroxylation is 3. The van der Waals surface area contributed by atoms with Crippen molar-refractivity contribution in [3.05, 3.63) is 66.8 Å². The molecular weight excluding hydrogens is 314 g/mol. The molecule has 3 rings (SSSR count). The quantitative estimate of drug-likeness (QED) is 0.666. The van der Waals surface area contributed by atoms with Crippen LogP contribution in [-0.4, -0.2) is 31.6 Å². The lowest BCUT2D eigenvalue weighted by molar-refractivity contribution is -0.119. The zero-order chi connectivity index (χ0) is 17.6. The Hall–Kier alpha value is -2.89. The zero-order valence-corrected chi connectivity index (χ0v) is 14.7. The number of benzene rings is 1. The van der Waals surface area contributed by atoms with E-state index in [0.29, 0.717) is 13.1 Å². The van der Waals surface area contributed by atoms with Gasteiger partial charge in [-0.2, -0.15) is 0 Å². The molecule has 3 aromatic rings. The first kappa shape index (κ1) is 17.0. The first-order chi connectivity index (χ1) is 12.1. The maximum atomic E-state index is 13.0. The molecule has 0 fully saturated rings. The third-order valence-corrected chi connectivity index (χ3v) is 4.24. The third-order valence-electron chi connectivity index (χ3n) is 4.24. The van der Waals surface area contributed by atoms with Crippen molar-refractivity contribution in [3.63, 3.8) is 0 Å². The van der Waals surface area contributed by atoms with Gasteiger partial charge in [0.05, 0.1) is 12.7 Å². The van der Waals surface area contributed by atoms with Crippen molar-refractivity contribution in [3.8, 4) is 0 Å². The summed E-state index contributed by atoms with van der Waals surface area (Å²) < 4.78 is 3.84. The molecule has 0 aliphatic heterocycles. The molecule has 0 spiro atoms. The molecule has 2 aromatic heterocycles. The molecule has 0 saturated carbocycles. The van der Waals surface area contributed by atoms with E-state index in [1.165, 1.54) is 0 Å². The number of carbonyl (C=O) groups is 1. The molecule has 0 N–H and O–H groups in total. The van der Waals surface area contributed by atoms with E-state index in [1.807, 2.05) is 27.9 Å². The Morgan fingerprint density at radius 2 is 1.68 bits per heavy atom. The van der Waals surface area contributed by atoms with Crippen LogP contribution < -0.4 is 4.90 Å². The van der Waals surface area contributed by atoms with E-state index in [2.05, 4.69) is 35.9 Å². The van der Waals surface area contributed by atoms with Crippen LogP contribution in [0, 0.1) is 13.8 Å². The lowest BCUT2D eigenvalue weighted by Crippen LogP contribution is -2.36. The van der Waals surface area contributed by atoms with E-state index in [9.17, 15) is 4.79 Å². The number of hydrogen-bond donors (Lipinski definition) is 0. The average Bonchev–Trinajstić information content (AvgIpc) is 3.26. The normalized spacial score (nSPS) is 10.8. The molecule has 6 heteroatoms. The molecule has 6 nitrogen and oxygen atoms in total. The molecule has 1 amide bonds. The molecule has 130 valence electrons. The van der Waals surface area contributed by atoms with Gasteiger partial charge in [0.2, 0.25) is 5.91 Å². The lowest BCUT2D eigenvalue weighted by Gasteiger charge is -2.26. The summed E-state index contributed by atoms with van der Waals surface area (Å²) in [6.07, 6.45) is 11.6. The molecule has 0 atom stereocenters. The van der Waals surface area contributed by atoms with Crippen LogP contribution in [0.5, 0.6) is 0 Å². The topological polar surface area (TPSA) is 56.0 Å². The molecular formula is C19H23N5O. The minimum Gasteiger partial charge on any atom is -0.337 e. The number of rotatable bonds is 7. The van der Waals surface area contributed by atoms with Gasteiger partial charge in [0.15, 0.2) is 0 Å². The molecule has 0 aliphatic rings. The summed E-state index contributed by atoms with van der Waals surface area (Å²) in [5.41, 5.74) is 3.24. The monoisotopic (exact) mass is 337 g/mol. The van der Waals surface area contributed by atoms with Crippen molar-refractivity contribution in [2.75, 3.05) is 11.4 Å². The van der Waals surface area contributed by atoms with Gasteiger partial charge in [-0.25, -0.2) is 9.97 Å². The van der Waals surface area contributed by atoms with Crippen LogP contribution in [0.1, 0.15) is 17.5 Å². The van der Waals surface area contributed by atoms with Gasteiger partial charge in [0.25, 0.3) is 0 Å². The average molecular weight is 337 g/mol. The highest BCUT2D eigenvalue weighted by Crippen LogP contribution is 2.25. The second kappa shape index (κ2) is 7.79. The smallest absolute Gasteiger partial charge is 0.246 e. The summed E-state index contributed by atoms with van der Waals surface area (Å²) in [5.74, 6) is 0.0704. The summed E-state index contributed by atoms with van der Waals surface area (Å²) >= 11 is 0. The summed E-state index contributed by atoms with van der Waals surface area (Å²) in [7, 11) is 0. The van der Waals surface area contributed by atoms with Crippen molar-refractivity contribution >= 4 is 11.6 Å². The fourth-order valence-corrected chi connectivity index (χ4v) is 3.04. The second-order valence-electron chi connectivity index (χ2n) is 6.17. The van der Waals surface area contributed by atoms with Crippen molar-refractivity contribution in [2.45, 2.75) is 33.4 Å². The predicted molar refractivity (Wildman–Crippen MR) is 97.3 cm³/mol. The van der Waals surface area contributed by atoms with Gasteiger partial charge in [0.1, 0.15) is 6.54 Å². The molecule has 2 heterocycles. The molecule has 0 unspecified atom stereocenters. The fourth-order valence-electron chi connectivity index (χ4n) is 3.04. The maximum Gasteiger partial charge on any atom is 0.246 e. The van der Waals surface area contributed by atoms with Gasteiger partial charge in [-0.3, -0.25) is 4.79 Å². The lowest BCUT2D eigenvalue weighted by atomic mass is 10.1. The van der Waals surface area contributed by atoms with Crippen molar-refractivity contribution in [1.29, 1.82) is 0 Å². The van der Waals surface area contributed by atoms with Gasteiger partial charge in [-0.15, -0.1) is 0 Å². The van der Waals surface area contributed by atoms with Crippen LogP contribution >= 0.6 is 0 Å². The van der Waals surface area contributed by atoms with Gasteiger partial charge in [-0.1, -0.05) is 18.2 Å². The summed E-state index contributed by atoms with van der Waals surface area (Å²) in [4.78, 5) is 23.0. The highest BCUT2D eigenvalue weighted by atomic mass is 16.2. The molecule has 25 heavy (non-hydrogen) atoms. The largest absolute Gasteiger partial charge is 0.337 e. The molecule has 0 bridgehead atoms. The van der Waals surface area contributed by atoms with Gasteiger partial charge in [-0.05, 0) is 31.4 Å². The van der Waals surface area contributed by atoms with Crippen molar-refractivity contribution < 1.29 is 4.79 Å². The SMILES string of the molecule is Cc1cccc(C)c1N(CCCn1ccnc1)C(=O)Cn1ccnc1. The number of carbonyl (C=O) groups excluding carboxylic acids is 1. The number of hydrogen-bond acceptors (Lipinski definition) is 3. The van der Waals surface area contributed by atoms with Crippen LogP contribution in [0.15, 0.2) is 55.6 Å². The maximum absolute atomic E-state index is 13.0. The Kier molecular flexibility index (Phi) is 5.28. The third kappa shape index (κ3) is 4.15. The standard InChI is InChI=1S/C19H23N5O/c1-16-5-3-6-17(2)19(16)24(10-4-9-22-11-7-20-14-22)18(25)13-23-12-8-21-15-23/h3,5-8,11-12,14-15H,4,9-10,13H2,1-2H3. The number of nitrogens with zero attached hydrogens (tertiary/aromatic N) is 5. The minimum absolute atomic E-state index is 0.0704. The van der Waals surface area contributed by atoms with E-state index < -0.39 is 0 Å². The Morgan fingerprint density at radius 3 is 2.28 bits per heavy atom. The number of anilines is 1. The Bertz CT molecular complexity index is 788. The first-order valence-corrected chi connectivity index (χ1v) is 8.43. The Morgan fingerprint density at radius 1 is 1.04 bits per heavy atom. The van der Waals surface area contributed by atoms with Crippen molar-refractivity contribution in [2.24, 2.45) is 0 Å². The van der Waals surface area contributed by atoms with Crippen LogP contribution in [0.3, 0.4) is 0 Å². The van der Waals surface area contributed by atoms with E-state index in [1.54, 1.807) is 29.6 Å². The van der Waals surface area contributed by atoms with Gasteiger partial charge in [0, 0.05) is 43.6 Å².